The number of hydrogen-bond donors (Lipinski definition) is 2. The molecule has 1 amide bonds. The van der Waals surface area contributed by atoms with Crippen LogP contribution < -0.4 is 10.1 Å². The molecule has 0 fully saturated rings. The Hall–Kier alpha value is -1.55. The predicted octanol–water partition coefficient (Wildman–Crippen LogP) is 3.31. The fourth-order valence-electron chi connectivity index (χ4n) is 2.57. The van der Waals surface area contributed by atoms with E-state index >= 15 is 0 Å². The van der Waals surface area contributed by atoms with Crippen LogP contribution in [0.25, 0.3) is 0 Å². The highest BCUT2D eigenvalue weighted by Crippen LogP contribution is 2.22. The van der Waals surface area contributed by atoms with Crippen molar-refractivity contribution in [2.45, 2.75) is 52.7 Å². The van der Waals surface area contributed by atoms with Gasteiger partial charge in [-0.1, -0.05) is 39.3 Å². The number of methoxy groups -OCH3 is 1. The molecule has 124 valence electrons. The van der Waals surface area contributed by atoms with E-state index in [-0.39, 0.29) is 11.9 Å². The van der Waals surface area contributed by atoms with Crippen molar-refractivity contribution in [2.75, 3.05) is 7.11 Å². The van der Waals surface area contributed by atoms with E-state index in [1.54, 1.807) is 19.2 Å². The Bertz CT molecular complexity index is 456. The van der Waals surface area contributed by atoms with Gasteiger partial charge >= 0.3 is 0 Å². The molecule has 2 N–H and O–H groups in total. The molecule has 3 unspecified atom stereocenters. The molecule has 0 heterocycles. The molecule has 3 atom stereocenters. The van der Waals surface area contributed by atoms with Crippen LogP contribution in [0.15, 0.2) is 24.3 Å². The number of aliphatic hydroxyl groups excluding tert-OH is 1. The molecule has 4 nitrogen and oxygen atoms in total. The van der Waals surface area contributed by atoms with Gasteiger partial charge in [0.1, 0.15) is 5.75 Å². The quantitative estimate of drug-likeness (QED) is 0.774. The summed E-state index contributed by atoms with van der Waals surface area (Å²) in [5.74, 6) is 1.61. The number of carbonyl (C=O) groups excluding carboxylic acids is 1. The Morgan fingerprint density at radius 3 is 2.27 bits per heavy atom. The van der Waals surface area contributed by atoms with Crippen LogP contribution in [0.1, 0.15) is 52.2 Å². The average Bonchev–Trinajstić information content (AvgIpc) is 2.51. The van der Waals surface area contributed by atoms with Crippen molar-refractivity contribution in [2.24, 2.45) is 11.8 Å². The molecule has 0 radical (unpaired) electrons. The largest absolute Gasteiger partial charge is 0.497 e. The number of carbonyl (C=O) groups is 1. The second-order valence-electron chi connectivity index (χ2n) is 6.19. The lowest BCUT2D eigenvalue weighted by Gasteiger charge is -2.23. The summed E-state index contributed by atoms with van der Waals surface area (Å²) < 4.78 is 5.10. The van der Waals surface area contributed by atoms with Gasteiger partial charge in [-0.3, -0.25) is 4.79 Å². The monoisotopic (exact) mass is 307 g/mol. The van der Waals surface area contributed by atoms with E-state index in [0.717, 1.165) is 17.7 Å². The molecule has 0 aromatic heterocycles. The van der Waals surface area contributed by atoms with Gasteiger partial charge in [0, 0.05) is 6.42 Å². The molecule has 0 saturated heterocycles. The van der Waals surface area contributed by atoms with Crippen LogP contribution >= 0.6 is 0 Å². The highest BCUT2D eigenvalue weighted by Gasteiger charge is 2.21. The zero-order valence-electron chi connectivity index (χ0n) is 14.3. The van der Waals surface area contributed by atoms with E-state index in [1.165, 1.54) is 0 Å². The minimum absolute atomic E-state index is 0.000566. The normalized spacial score (nSPS) is 15.2. The molecular formula is C18H29NO3. The number of nitrogens with one attached hydrogen (secondary N) is 1. The molecule has 0 saturated carbocycles. The number of aliphatic hydroxyl groups is 1. The first kappa shape index (κ1) is 18.5. The Kier molecular flexibility index (Phi) is 7.39. The van der Waals surface area contributed by atoms with Gasteiger partial charge in [0.15, 0.2) is 0 Å². The summed E-state index contributed by atoms with van der Waals surface area (Å²) in [5, 5.41) is 13.3. The van der Waals surface area contributed by atoms with Crippen LogP contribution in [0.5, 0.6) is 5.75 Å². The van der Waals surface area contributed by atoms with Gasteiger partial charge in [0.2, 0.25) is 5.91 Å². The third-order valence-electron chi connectivity index (χ3n) is 4.23. The van der Waals surface area contributed by atoms with Gasteiger partial charge in [-0.2, -0.15) is 0 Å². The molecule has 1 aromatic rings. The molecule has 1 aromatic carbocycles. The molecule has 0 aliphatic rings. The number of ether oxygens (including phenoxy) is 1. The van der Waals surface area contributed by atoms with Crippen molar-refractivity contribution < 1.29 is 14.6 Å². The second-order valence-corrected chi connectivity index (χ2v) is 6.19. The topological polar surface area (TPSA) is 58.6 Å². The SMILES string of the molecule is CCC(CC(=O)NC(C)C(O)c1ccc(OC)cc1)C(C)C. The van der Waals surface area contributed by atoms with Gasteiger partial charge in [-0.25, -0.2) is 0 Å². The van der Waals surface area contributed by atoms with Crippen molar-refractivity contribution >= 4 is 5.91 Å². The van der Waals surface area contributed by atoms with E-state index in [1.807, 2.05) is 19.1 Å². The summed E-state index contributed by atoms with van der Waals surface area (Å²) in [5.41, 5.74) is 0.768. The Morgan fingerprint density at radius 1 is 1.23 bits per heavy atom. The maximum atomic E-state index is 12.1. The summed E-state index contributed by atoms with van der Waals surface area (Å²) >= 11 is 0. The fourth-order valence-corrected chi connectivity index (χ4v) is 2.57. The molecular weight excluding hydrogens is 278 g/mol. The Balaban J connectivity index is 2.59. The zero-order valence-corrected chi connectivity index (χ0v) is 14.3. The third-order valence-corrected chi connectivity index (χ3v) is 4.23. The highest BCUT2D eigenvalue weighted by molar-refractivity contribution is 5.76. The Labute approximate surface area is 133 Å². The van der Waals surface area contributed by atoms with Gasteiger partial charge in [0.05, 0.1) is 19.3 Å². The van der Waals surface area contributed by atoms with E-state index in [4.69, 9.17) is 4.74 Å². The molecule has 4 heteroatoms. The first-order valence-corrected chi connectivity index (χ1v) is 8.00. The molecule has 22 heavy (non-hydrogen) atoms. The fraction of sp³-hybridized carbons (Fsp3) is 0.611. The maximum absolute atomic E-state index is 12.1. The second kappa shape index (κ2) is 8.79. The summed E-state index contributed by atoms with van der Waals surface area (Å²) in [4.78, 5) is 12.1. The number of rotatable bonds is 8. The number of benzene rings is 1. The zero-order chi connectivity index (χ0) is 16.7. The molecule has 0 aliphatic heterocycles. The van der Waals surface area contributed by atoms with Gasteiger partial charge in [0.25, 0.3) is 0 Å². The first-order valence-electron chi connectivity index (χ1n) is 8.00. The number of hydrogen-bond acceptors (Lipinski definition) is 3. The molecule has 0 spiro atoms. The van der Waals surface area contributed by atoms with Gasteiger partial charge in [-0.15, -0.1) is 0 Å². The summed E-state index contributed by atoms with van der Waals surface area (Å²) in [6, 6.07) is 6.91. The van der Waals surface area contributed by atoms with Crippen LogP contribution in [-0.2, 0) is 4.79 Å². The van der Waals surface area contributed by atoms with Crippen LogP contribution in [0.4, 0.5) is 0 Å². The van der Waals surface area contributed by atoms with Crippen molar-refractivity contribution in [3.8, 4) is 5.75 Å². The van der Waals surface area contributed by atoms with Crippen molar-refractivity contribution in [1.82, 2.24) is 5.32 Å². The van der Waals surface area contributed by atoms with Gasteiger partial charge < -0.3 is 15.2 Å². The molecule has 0 bridgehead atoms. The van der Waals surface area contributed by atoms with Gasteiger partial charge in [-0.05, 0) is 36.5 Å². The number of amides is 1. The van der Waals surface area contributed by atoms with E-state index in [2.05, 4.69) is 26.1 Å². The molecule has 0 aliphatic carbocycles. The van der Waals surface area contributed by atoms with Crippen LogP contribution in [-0.4, -0.2) is 24.2 Å². The van der Waals surface area contributed by atoms with Crippen LogP contribution in [0.3, 0.4) is 0 Å². The third kappa shape index (κ3) is 5.34. The van der Waals surface area contributed by atoms with Crippen LogP contribution in [0.2, 0.25) is 0 Å². The molecule has 1 rings (SSSR count). The standard InChI is InChI=1S/C18H29NO3/c1-6-14(12(2)3)11-17(20)19-13(4)18(21)15-7-9-16(22-5)10-8-15/h7-10,12-14,18,21H,6,11H2,1-5H3,(H,19,20). The summed E-state index contributed by atoms with van der Waals surface area (Å²) in [6.45, 7) is 8.20. The van der Waals surface area contributed by atoms with Crippen molar-refractivity contribution in [1.29, 1.82) is 0 Å². The van der Waals surface area contributed by atoms with Crippen molar-refractivity contribution in [3.05, 3.63) is 29.8 Å². The smallest absolute Gasteiger partial charge is 0.220 e. The van der Waals surface area contributed by atoms with E-state index in [0.29, 0.717) is 18.3 Å². The highest BCUT2D eigenvalue weighted by atomic mass is 16.5. The van der Waals surface area contributed by atoms with E-state index < -0.39 is 6.10 Å². The Morgan fingerprint density at radius 2 is 1.82 bits per heavy atom. The first-order chi connectivity index (χ1) is 10.4. The maximum Gasteiger partial charge on any atom is 0.220 e. The summed E-state index contributed by atoms with van der Waals surface area (Å²) in [6.07, 6.45) is 0.767. The lowest BCUT2D eigenvalue weighted by molar-refractivity contribution is -0.123. The lowest BCUT2D eigenvalue weighted by Crippen LogP contribution is -2.38. The summed E-state index contributed by atoms with van der Waals surface area (Å²) in [7, 11) is 1.60. The lowest BCUT2D eigenvalue weighted by atomic mass is 9.90. The van der Waals surface area contributed by atoms with Crippen LogP contribution in [0, 0.1) is 11.8 Å². The van der Waals surface area contributed by atoms with Crippen molar-refractivity contribution in [3.63, 3.8) is 0 Å². The minimum Gasteiger partial charge on any atom is -0.497 e. The minimum atomic E-state index is -0.728. The van der Waals surface area contributed by atoms with E-state index in [9.17, 15) is 9.90 Å². The predicted molar refractivity (Wildman–Crippen MR) is 88.8 cm³/mol. The average molecular weight is 307 g/mol.